The average molecular weight is 375 g/mol. The molecule has 3 heterocycles. The molecule has 0 aromatic carbocycles. The Morgan fingerprint density at radius 3 is 2.70 bits per heavy atom. The van der Waals surface area contributed by atoms with Crippen molar-refractivity contribution in [3.05, 3.63) is 29.6 Å². The average Bonchev–Trinajstić information content (AvgIpc) is 2.69. The first-order valence-corrected chi connectivity index (χ1v) is 9.70. The predicted octanol–water partition coefficient (Wildman–Crippen LogP) is 1.65. The largest absolute Gasteiger partial charge is 0.381 e. The molecule has 3 rings (SSSR count). The normalized spacial score (nSPS) is 21.1. The Morgan fingerprint density at radius 2 is 2.04 bits per heavy atom. The van der Waals surface area contributed by atoms with E-state index in [2.05, 4.69) is 4.98 Å². The number of ether oxygens (including phenoxy) is 2. The zero-order valence-corrected chi connectivity index (χ0v) is 16.2. The van der Waals surface area contributed by atoms with E-state index in [1.54, 1.807) is 13.3 Å². The lowest BCUT2D eigenvalue weighted by molar-refractivity contribution is -0.143. The highest BCUT2D eigenvalue weighted by atomic mass is 16.5. The third-order valence-electron chi connectivity index (χ3n) is 5.38. The van der Waals surface area contributed by atoms with E-state index in [4.69, 9.17) is 9.47 Å². The van der Waals surface area contributed by atoms with Crippen LogP contribution in [0.25, 0.3) is 0 Å². The van der Waals surface area contributed by atoms with Crippen LogP contribution in [0, 0.1) is 6.92 Å². The maximum Gasteiger partial charge on any atom is 0.255 e. The van der Waals surface area contributed by atoms with Crippen molar-refractivity contribution in [1.82, 2.24) is 14.8 Å². The zero-order valence-electron chi connectivity index (χ0n) is 16.2. The predicted molar refractivity (Wildman–Crippen MR) is 100 cm³/mol. The number of piperidine rings is 1. The van der Waals surface area contributed by atoms with E-state index in [9.17, 15) is 9.59 Å². The summed E-state index contributed by atoms with van der Waals surface area (Å²) in [6.45, 7) is 4.59. The fourth-order valence-corrected chi connectivity index (χ4v) is 4.01. The van der Waals surface area contributed by atoms with Crippen LogP contribution in [-0.4, -0.2) is 78.7 Å². The van der Waals surface area contributed by atoms with Crippen molar-refractivity contribution in [2.75, 3.05) is 40.0 Å². The monoisotopic (exact) mass is 375 g/mol. The molecule has 27 heavy (non-hydrogen) atoms. The summed E-state index contributed by atoms with van der Waals surface area (Å²) in [4.78, 5) is 33.7. The van der Waals surface area contributed by atoms with Gasteiger partial charge in [-0.1, -0.05) is 0 Å². The van der Waals surface area contributed by atoms with Gasteiger partial charge in [-0.2, -0.15) is 0 Å². The van der Waals surface area contributed by atoms with E-state index in [1.165, 1.54) is 0 Å². The second-order valence-electron chi connectivity index (χ2n) is 7.31. The van der Waals surface area contributed by atoms with Gasteiger partial charge in [0, 0.05) is 57.4 Å². The summed E-state index contributed by atoms with van der Waals surface area (Å²) in [7, 11) is 1.54. The number of likely N-dealkylation sites (tertiary alicyclic amines) is 1. The van der Waals surface area contributed by atoms with Gasteiger partial charge in [-0.15, -0.1) is 0 Å². The molecule has 1 atom stereocenters. The van der Waals surface area contributed by atoms with Gasteiger partial charge in [0.15, 0.2) is 0 Å². The number of carbonyl (C=O) groups excluding carboxylic acids is 2. The molecule has 1 aromatic heterocycles. The molecule has 1 aromatic rings. The Kier molecular flexibility index (Phi) is 6.79. The molecule has 2 aliphatic heterocycles. The number of rotatable bonds is 5. The van der Waals surface area contributed by atoms with E-state index in [0.717, 1.165) is 31.4 Å². The number of carbonyl (C=O) groups is 2. The van der Waals surface area contributed by atoms with Crippen LogP contribution in [-0.2, 0) is 14.3 Å². The Hall–Kier alpha value is -1.99. The quantitative estimate of drug-likeness (QED) is 0.783. The Morgan fingerprint density at radius 1 is 1.26 bits per heavy atom. The van der Waals surface area contributed by atoms with Crippen LogP contribution in [0.4, 0.5) is 0 Å². The lowest BCUT2D eigenvalue weighted by atomic mass is 9.98. The van der Waals surface area contributed by atoms with Crippen molar-refractivity contribution < 1.29 is 19.1 Å². The summed E-state index contributed by atoms with van der Waals surface area (Å²) < 4.78 is 10.6. The van der Waals surface area contributed by atoms with E-state index in [0.29, 0.717) is 31.9 Å². The van der Waals surface area contributed by atoms with E-state index >= 15 is 0 Å². The molecule has 148 valence electrons. The summed E-state index contributed by atoms with van der Waals surface area (Å²) in [6.07, 6.45) is 5.09. The zero-order chi connectivity index (χ0) is 19.2. The van der Waals surface area contributed by atoms with E-state index in [1.807, 2.05) is 28.9 Å². The summed E-state index contributed by atoms with van der Waals surface area (Å²) in [5.74, 6) is -0.0148. The van der Waals surface area contributed by atoms with Gasteiger partial charge >= 0.3 is 0 Å². The van der Waals surface area contributed by atoms with Gasteiger partial charge in [-0.3, -0.25) is 14.6 Å². The smallest absolute Gasteiger partial charge is 0.255 e. The van der Waals surface area contributed by atoms with Gasteiger partial charge in [0.05, 0.1) is 5.56 Å². The molecule has 7 nitrogen and oxygen atoms in total. The van der Waals surface area contributed by atoms with Crippen LogP contribution in [0.1, 0.15) is 41.7 Å². The second-order valence-corrected chi connectivity index (χ2v) is 7.31. The molecule has 1 unspecified atom stereocenters. The highest BCUT2D eigenvalue weighted by Crippen LogP contribution is 2.24. The number of aromatic nitrogens is 1. The number of hydrogen-bond acceptors (Lipinski definition) is 5. The number of amides is 2. The van der Waals surface area contributed by atoms with Gasteiger partial charge in [-0.25, -0.2) is 0 Å². The maximum absolute atomic E-state index is 12.9. The maximum atomic E-state index is 12.9. The molecule has 0 radical (unpaired) electrons. The first kappa shape index (κ1) is 19.8. The van der Waals surface area contributed by atoms with Crippen molar-refractivity contribution in [2.45, 2.75) is 44.7 Å². The van der Waals surface area contributed by atoms with Crippen LogP contribution in [0.15, 0.2) is 18.3 Å². The van der Waals surface area contributed by atoms with Gasteiger partial charge in [0.1, 0.15) is 6.61 Å². The Labute approximate surface area is 160 Å². The van der Waals surface area contributed by atoms with Gasteiger partial charge in [-0.05, 0) is 44.7 Å². The highest BCUT2D eigenvalue weighted by Gasteiger charge is 2.35. The topological polar surface area (TPSA) is 72.0 Å². The first-order chi connectivity index (χ1) is 13.1. The van der Waals surface area contributed by atoms with Crippen molar-refractivity contribution in [2.24, 2.45) is 0 Å². The Balaban J connectivity index is 1.73. The molecule has 0 bridgehead atoms. The SMILES string of the molecule is COCC(=O)N(C1CCOCC1)C1CCCN(C(=O)c2ccc(C)nc2)C1. The van der Waals surface area contributed by atoms with Crippen LogP contribution < -0.4 is 0 Å². The summed E-state index contributed by atoms with van der Waals surface area (Å²) in [5, 5.41) is 0. The first-order valence-electron chi connectivity index (χ1n) is 9.70. The minimum atomic E-state index is -0.0154. The molecular formula is C20H29N3O4. The summed E-state index contributed by atoms with van der Waals surface area (Å²) in [5.41, 5.74) is 1.49. The molecule has 0 aliphatic carbocycles. The molecule has 2 saturated heterocycles. The van der Waals surface area contributed by atoms with Gasteiger partial charge in [0.25, 0.3) is 5.91 Å². The van der Waals surface area contributed by atoms with Crippen LogP contribution >= 0.6 is 0 Å². The number of pyridine rings is 1. The number of nitrogens with zero attached hydrogens (tertiary/aromatic N) is 3. The Bertz CT molecular complexity index is 643. The molecule has 2 fully saturated rings. The third kappa shape index (κ3) is 4.84. The fraction of sp³-hybridized carbons (Fsp3) is 0.650. The van der Waals surface area contributed by atoms with Crippen molar-refractivity contribution >= 4 is 11.8 Å². The van der Waals surface area contributed by atoms with Crippen LogP contribution in [0.3, 0.4) is 0 Å². The molecule has 2 aliphatic rings. The van der Waals surface area contributed by atoms with E-state index < -0.39 is 0 Å². The summed E-state index contributed by atoms with van der Waals surface area (Å²) >= 11 is 0. The lowest BCUT2D eigenvalue weighted by Gasteiger charge is -2.44. The highest BCUT2D eigenvalue weighted by molar-refractivity contribution is 5.94. The van der Waals surface area contributed by atoms with Crippen LogP contribution in [0.2, 0.25) is 0 Å². The number of methoxy groups -OCH3 is 1. The number of aryl methyl sites for hydroxylation is 1. The lowest BCUT2D eigenvalue weighted by Crippen LogP contribution is -2.56. The summed E-state index contributed by atoms with van der Waals surface area (Å²) in [6, 6.07) is 3.85. The minimum absolute atomic E-state index is 0.000650. The molecule has 0 spiro atoms. The molecular weight excluding hydrogens is 346 g/mol. The standard InChI is InChI=1S/C20H29N3O4/c1-15-5-6-16(12-21-15)20(25)22-9-3-4-18(13-22)23(19(24)14-26-2)17-7-10-27-11-8-17/h5-6,12,17-18H,3-4,7-11,13-14H2,1-2H3. The van der Waals surface area contributed by atoms with E-state index in [-0.39, 0.29) is 30.5 Å². The second kappa shape index (κ2) is 9.28. The fourth-order valence-electron chi connectivity index (χ4n) is 4.01. The van der Waals surface area contributed by atoms with Crippen molar-refractivity contribution in [3.63, 3.8) is 0 Å². The van der Waals surface area contributed by atoms with Gasteiger partial charge < -0.3 is 19.3 Å². The molecule has 0 saturated carbocycles. The van der Waals surface area contributed by atoms with Gasteiger partial charge in [0.2, 0.25) is 5.91 Å². The molecule has 0 N–H and O–H groups in total. The van der Waals surface area contributed by atoms with Crippen LogP contribution in [0.5, 0.6) is 0 Å². The third-order valence-corrected chi connectivity index (χ3v) is 5.38. The molecule has 2 amide bonds. The van der Waals surface area contributed by atoms with Crippen molar-refractivity contribution in [3.8, 4) is 0 Å². The minimum Gasteiger partial charge on any atom is -0.381 e. The molecule has 7 heteroatoms. The number of hydrogen-bond donors (Lipinski definition) is 0. The van der Waals surface area contributed by atoms with Crippen molar-refractivity contribution in [1.29, 1.82) is 0 Å².